The van der Waals surface area contributed by atoms with Crippen LogP contribution in [0.3, 0.4) is 0 Å². The van der Waals surface area contributed by atoms with Crippen LogP contribution in [0.4, 0.5) is 4.39 Å². The Labute approximate surface area is 109 Å². The fourth-order valence-electron chi connectivity index (χ4n) is 1.82. The van der Waals surface area contributed by atoms with E-state index in [2.05, 4.69) is 15.5 Å². The van der Waals surface area contributed by atoms with Gasteiger partial charge in [0.25, 0.3) is 0 Å². The van der Waals surface area contributed by atoms with Crippen LogP contribution in [0.25, 0.3) is 10.6 Å². The third kappa shape index (κ3) is 2.57. The topological polar surface area (TPSA) is 37.8 Å². The summed E-state index contributed by atoms with van der Waals surface area (Å²) in [4.78, 5) is 0. The molecule has 94 valence electrons. The molecule has 3 nitrogen and oxygen atoms in total. The summed E-state index contributed by atoms with van der Waals surface area (Å²) >= 11 is 1.57. The largest absolute Gasteiger partial charge is 0.308 e. The van der Waals surface area contributed by atoms with E-state index >= 15 is 0 Å². The zero-order valence-corrected chi connectivity index (χ0v) is 10.9. The molecule has 1 aromatic heterocycles. The van der Waals surface area contributed by atoms with Crippen molar-refractivity contribution < 1.29 is 4.39 Å². The molecule has 0 aliphatic heterocycles. The van der Waals surface area contributed by atoms with E-state index in [1.165, 1.54) is 25.0 Å². The lowest BCUT2D eigenvalue weighted by atomic mass is 10.1. The number of nitrogens with one attached hydrogen (secondary N) is 1. The van der Waals surface area contributed by atoms with Gasteiger partial charge in [-0.05, 0) is 43.5 Å². The van der Waals surface area contributed by atoms with Gasteiger partial charge in [-0.2, -0.15) is 0 Å². The lowest BCUT2D eigenvalue weighted by Gasteiger charge is -2.00. The highest BCUT2D eigenvalue weighted by Crippen LogP contribution is 2.27. The van der Waals surface area contributed by atoms with Crippen LogP contribution in [0, 0.1) is 12.7 Å². The maximum Gasteiger partial charge on any atom is 0.148 e. The minimum Gasteiger partial charge on any atom is -0.308 e. The quantitative estimate of drug-likeness (QED) is 0.921. The molecule has 0 radical (unpaired) electrons. The molecule has 0 amide bonds. The van der Waals surface area contributed by atoms with Gasteiger partial charge >= 0.3 is 0 Å². The summed E-state index contributed by atoms with van der Waals surface area (Å²) < 4.78 is 13.0. The van der Waals surface area contributed by atoms with Crippen molar-refractivity contribution in [1.82, 2.24) is 15.5 Å². The molecule has 0 spiro atoms. The van der Waals surface area contributed by atoms with Gasteiger partial charge in [0.1, 0.15) is 15.8 Å². The van der Waals surface area contributed by atoms with Gasteiger partial charge in [0, 0.05) is 18.2 Å². The average molecular weight is 263 g/mol. The minimum atomic E-state index is -0.212. The number of halogens is 1. The first-order valence-electron chi connectivity index (χ1n) is 6.04. The SMILES string of the molecule is Cc1cc(F)ccc1-c1nnc(CNC2CC2)s1. The van der Waals surface area contributed by atoms with E-state index in [1.807, 2.05) is 6.92 Å². The van der Waals surface area contributed by atoms with Crippen LogP contribution in [0.2, 0.25) is 0 Å². The number of hydrogen-bond acceptors (Lipinski definition) is 4. The summed E-state index contributed by atoms with van der Waals surface area (Å²) in [6.07, 6.45) is 2.53. The first kappa shape index (κ1) is 11.7. The molecular weight excluding hydrogens is 249 g/mol. The monoisotopic (exact) mass is 263 g/mol. The Morgan fingerprint density at radius 2 is 2.22 bits per heavy atom. The highest BCUT2D eigenvalue weighted by Gasteiger charge is 2.20. The van der Waals surface area contributed by atoms with Crippen molar-refractivity contribution in [1.29, 1.82) is 0 Å². The maximum atomic E-state index is 13.0. The molecule has 1 N–H and O–H groups in total. The van der Waals surface area contributed by atoms with Gasteiger partial charge in [0.15, 0.2) is 0 Å². The summed E-state index contributed by atoms with van der Waals surface area (Å²) in [5, 5.41) is 13.6. The number of aryl methyl sites for hydroxylation is 1. The highest BCUT2D eigenvalue weighted by molar-refractivity contribution is 7.14. The Hall–Kier alpha value is -1.33. The van der Waals surface area contributed by atoms with Gasteiger partial charge in [-0.15, -0.1) is 10.2 Å². The lowest BCUT2D eigenvalue weighted by molar-refractivity contribution is 0.627. The van der Waals surface area contributed by atoms with E-state index in [9.17, 15) is 4.39 Å². The van der Waals surface area contributed by atoms with Gasteiger partial charge in [-0.1, -0.05) is 11.3 Å². The predicted octanol–water partition coefficient (Wildman–Crippen LogP) is 2.90. The summed E-state index contributed by atoms with van der Waals surface area (Å²) in [5.41, 5.74) is 1.86. The van der Waals surface area contributed by atoms with Gasteiger partial charge in [-0.3, -0.25) is 0 Å². The average Bonchev–Trinajstić information content (AvgIpc) is 3.05. The first-order chi connectivity index (χ1) is 8.72. The normalized spacial score (nSPS) is 15.0. The van der Waals surface area contributed by atoms with Crippen molar-refractivity contribution in [3.63, 3.8) is 0 Å². The molecule has 1 aliphatic rings. The molecule has 1 aromatic carbocycles. The summed E-state index contributed by atoms with van der Waals surface area (Å²) in [6.45, 7) is 2.67. The molecule has 0 atom stereocenters. The standard InChI is InChI=1S/C13H14FN3S/c1-8-6-9(14)2-5-11(8)13-17-16-12(18-13)7-15-10-3-4-10/h2,5-6,10,15H,3-4,7H2,1H3. The van der Waals surface area contributed by atoms with Gasteiger partial charge in [0.05, 0.1) is 0 Å². The molecule has 1 heterocycles. The molecule has 2 aromatic rings. The molecule has 18 heavy (non-hydrogen) atoms. The van der Waals surface area contributed by atoms with Crippen LogP contribution in [0.5, 0.6) is 0 Å². The third-order valence-electron chi connectivity index (χ3n) is 3.01. The zero-order chi connectivity index (χ0) is 12.5. The lowest BCUT2D eigenvalue weighted by Crippen LogP contribution is -2.14. The van der Waals surface area contributed by atoms with Crippen molar-refractivity contribution in [2.24, 2.45) is 0 Å². The van der Waals surface area contributed by atoms with E-state index in [0.29, 0.717) is 6.04 Å². The molecule has 1 aliphatic carbocycles. The summed E-state index contributed by atoms with van der Waals surface area (Å²) in [6, 6.07) is 5.43. The number of nitrogens with zero attached hydrogens (tertiary/aromatic N) is 2. The van der Waals surface area contributed by atoms with Crippen LogP contribution in [0.1, 0.15) is 23.4 Å². The Morgan fingerprint density at radius 1 is 1.39 bits per heavy atom. The fourth-order valence-corrected chi connectivity index (χ4v) is 2.70. The smallest absolute Gasteiger partial charge is 0.148 e. The predicted molar refractivity (Wildman–Crippen MR) is 69.9 cm³/mol. The van der Waals surface area contributed by atoms with Crippen molar-refractivity contribution >= 4 is 11.3 Å². The summed E-state index contributed by atoms with van der Waals surface area (Å²) in [7, 11) is 0. The fraction of sp³-hybridized carbons (Fsp3) is 0.385. The molecule has 0 saturated heterocycles. The highest BCUT2D eigenvalue weighted by atomic mass is 32.1. The van der Waals surface area contributed by atoms with Crippen molar-refractivity contribution in [3.8, 4) is 10.6 Å². The first-order valence-corrected chi connectivity index (χ1v) is 6.86. The van der Waals surface area contributed by atoms with Gasteiger partial charge in [0.2, 0.25) is 0 Å². The van der Waals surface area contributed by atoms with E-state index in [1.54, 1.807) is 17.4 Å². The van der Waals surface area contributed by atoms with Crippen LogP contribution < -0.4 is 5.32 Å². The van der Waals surface area contributed by atoms with Crippen molar-refractivity contribution in [2.45, 2.75) is 32.4 Å². The number of hydrogen-bond donors (Lipinski definition) is 1. The molecule has 1 fully saturated rings. The second-order valence-corrected chi connectivity index (χ2v) is 5.68. The Bertz CT molecular complexity index is 563. The van der Waals surface area contributed by atoms with Crippen LogP contribution in [0.15, 0.2) is 18.2 Å². The van der Waals surface area contributed by atoms with E-state index in [-0.39, 0.29) is 5.82 Å². The number of rotatable bonds is 4. The molecular formula is C13H14FN3S. The van der Waals surface area contributed by atoms with Gasteiger partial charge in [-0.25, -0.2) is 4.39 Å². The molecule has 3 rings (SSSR count). The van der Waals surface area contributed by atoms with Gasteiger partial charge < -0.3 is 5.32 Å². The number of aromatic nitrogens is 2. The second kappa shape index (κ2) is 4.74. The molecule has 0 unspecified atom stereocenters. The maximum absolute atomic E-state index is 13.0. The molecule has 0 bridgehead atoms. The zero-order valence-electron chi connectivity index (χ0n) is 10.1. The number of benzene rings is 1. The Balaban J connectivity index is 1.78. The Morgan fingerprint density at radius 3 is 2.94 bits per heavy atom. The molecule has 1 saturated carbocycles. The minimum absolute atomic E-state index is 0.212. The third-order valence-corrected chi connectivity index (χ3v) is 3.96. The van der Waals surface area contributed by atoms with E-state index in [4.69, 9.17) is 0 Å². The van der Waals surface area contributed by atoms with Crippen molar-refractivity contribution in [3.05, 3.63) is 34.6 Å². The van der Waals surface area contributed by atoms with Crippen LogP contribution >= 0.6 is 11.3 Å². The Kier molecular flexibility index (Phi) is 3.09. The van der Waals surface area contributed by atoms with Crippen molar-refractivity contribution in [2.75, 3.05) is 0 Å². The second-order valence-electron chi connectivity index (χ2n) is 4.62. The van der Waals surface area contributed by atoms with E-state index in [0.717, 1.165) is 27.7 Å². The van der Waals surface area contributed by atoms with Crippen LogP contribution in [-0.2, 0) is 6.54 Å². The summed E-state index contributed by atoms with van der Waals surface area (Å²) in [5.74, 6) is -0.212. The molecule has 5 heteroatoms. The van der Waals surface area contributed by atoms with Crippen LogP contribution in [-0.4, -0.2) is 16.2 Å². The van der Waals surface area contributed by atoms with E-state index < -0.39 is 0 Å².